The highest BCUT2D eigenvalue weighted by molar-refractivity contribution is 8.01. The topological polar surface area (TPSA) is 166 Å². The molecule has 7 rings (SSSR count). The second-order valence-electron chi connectivity index (χ2n) is 14.5. The van der Waals surface area contributed by atoms with Crippen molar-refractivity contribution in [1.29, 1.82) is 0 Å². The summed E-state index contributed by atoms with van der Waals surface area (Å²) in [5, 5.41) is 28.3. The Morgan fingerprint density at radius 1 is 0.639 bits per heavy atom. The van der Waals surface area contributed by atoms with Crippen molar-refractivity contribution in [3.05, 3.63) is 217 Å². The highest BCUT2D eigenvalue weighted by Crippen LogP contribution is 2.52. The Bertz CT molecular complexity index is 2310. The number of nitro groups is 2. The number of benzene rings is 6. The van der Waals surface area contributed by atoms with Gasteiger partial charge in [-0.25, -0.2) is 9.59 Å². The highest BCUT2D eigenvalue weighted by Gasteiger charge is 2.44. The number of thioether (sulfide) groups is 1. The number of carbonyl (C=O) groups is 2. The van der Waals surface area contributed by atoms with Crippen molar-refractivity contribution < 1.29 is 28.9 Å². The second-order valence-corrected chi connectivity index (χ2v) is 16.0. The van der Waals surface area contributed by atoms with Gasteiger partial charge in [-0.05, 0) is 76.2 Å². The fraction of sp³-hybridized carbons (Fsp3) is 0.191. The molecule has 0 radical (unpaired) electrons. The number of likely N-dealkylation sites (tertiary alicyclic amines) is 1. The van der Waals surface area contributed by atoms with Gasteiger partial charge < -0.3 is 25.0 Å². The number of nitro benzene ring substituents is 2. The molecule has 0 aliphatic carbocycles. The molecule has 1 fully saturated rings. The van der Waals surface area contributed by atoms with E-state index in [0.717, 1.165) is 27.9 Å². The molecule has 0 aromatic heterocycles. The highest BCUT2D eigenvalue weighted by atomic mass is 32.2. The van der Waals surface area contributed by atoms with Gasteiger partial charge in [0.1, 0.15) is 13.2 Å². The van der Waals surface area contributed by atoms with Gasteiger partial charge >= 0.3 is 12.2 Å². The minimum Gasteiger partial charge on any atom is -0.445 e. The first-order chi connectivity index (χ1) is 29.7. The number of hydrogen-bond acceptors (Lipinski definition) is 10. The molecular formula is C47H43N5O8S. The monoisotopic (exact) mass is 837 g/mol. The van der Waals surface area contributed by atoms with E-state index in [9.17, 15) is 29.8 Å². The molecular weight excluding hydrogens is 795 g/mol. The molecule has 13 nitrogen and oxygen atoms in total. The number of amides is 2. The van der Waals surface area contributed by atoms with Gasteiger partial charge in [-0.2, -0.15) is 0 Å². The van der Waals surface area contributed by atoms with Gasteiger partial charge in [-0.1, -0.05) is 103 Å². The maximum absolute atomic E-state index is 14.0. The van der Waals surface area contributed by atoms with Crippen LogP contribution in [0.15, 0.2) is 164 Å². The average Bonchev–Trinajstić information content (AvgIpc) is 3.71. The van der Waals surface area contributed by atoms with E-state index in [1.807, 2.05) is 54.2 Å². The number of nitrogens with zero attached hydrogens (tertiary/aromatic N) is 3. The fourth-order valence-corrected chi connectivity index (χ4v) is 9.22. The predicted molar refractivity (Wildman–Crippen MR) is 234 cm³/mol. The van der Waals surface area contributed by atoms with Crippen molar-refractivity contribution in [2.24, 2.45) is 0 Å². The molecule has 6 aromatic rings. The summed E-state index contributed by atoms with van der Waals surface area (Å²) in [5.41, 5.74) is 6.23. The average molecular weight is 838 g/mol. The van der Waals surface area contributed by atoms with Gasteiger partial charge in [0.2, 0.25) is 0 Å². The molecule has 2 atom stereocenters. The van der Waals surface area contributed by atoms with Crippen LogP contribution in [0, 0.1) is 20.2 Å². The molecule has 2 amide bonds. The number of anilines is 1. The lowest BCUT2D eigenvalue weighted by Crippen LogP contribution is -2.40. The number of hydrogen-bond donors (Lipinski definition) is 2. The van der Waals surface area contributed by atoms with Crippen LogP contribution in [-0.2, 0) is 34.0 Å². The molecule has 1 heterocycles. The molecule has 1 aliphatic rings. The van der Waals surface area contributed by atoms with E-state index in [-0.39, 0.29) is 42.4 Å². The summed E-state index contributed by atoms with van der Waals surface area (Å²) in [6.45, 7) is 1.02. The SMILES string of the molecule is O=C(NCc1ccc(NC[C@@H]2C[C@H](SC(c3ccccc3)(c3ccccc3)c3ccccc3)CN2C(=O)OCc2ccc([N+](=O)[O-])cc2)cc1)OCc1ccc([N+](=O)[O-])cc1. The van der Waals surface area contributed by atoms with E-state index < -0.39 is 26.8 Å². The van der Waals surface area contributed by atoms with E-state index >= 15 is 0 Å². The zero-order valence-electron chi connectivity index (χ0n) is 33.0. The number of rotatable bonds is 16. The fourth-order valence-electron chi connectivity index (χ4n) is 7.35. The number of ether oxygens (including phenoxy) is 2. The van der Waals surface area contributed by atoms with Gasteiger partial charge in [-0.15, -0.1) is 11.8 Å². The summed E-state index contributed by atoms with van der Waals surface area (Å²) in [4.78, 5) is 49.2. The van der Waals surface area contributed by atoms with Crippen LogP contribution in [0.1, 0.15) is 39.8 Å². The van der Waals surface area contributed by atoms with Crippen molar-refractivity contribution in [2.45, 2.75) is 42.2 Å². The minimum atomic E-state index is -0.620. The molecule has 6 aromatic carbocycles. The predicted octanol–water partition coefficient (Wildman–Crippen LogP) is 9.85. The molecule has 0 saturated carbocycles. The third-order valence-corrected chi connectivity index (χ3v) is 12.2. The summed E-state index contributed by atoms with van der Waals surface area (Å²) < 4.78 is 10.5. The van der Waals surface area contributed by atoms with Gasteiger partial charge in [0.05, 0.1) is 20.6 Å². The van der Waals surface area contributed by atoms with Crippen LogP contribution < -0.4 is 10.6 Å². The van der Waals surface area contributed by atoms with Crippen LogP contribution in [0.5, 0.6) is 0 Å². The van der Waals surface area contributed by atoms with Crippen LogP contribution in [0.25, 0.3) is 0 Å². The van der Waals surface area contributed by atoms with E-state index in [4.69, 9.17) is 9.47 Å². The standard InChI is InChI=1S/C47H43N5O8S/c53-45(59-32-35-18-24-41(25-19-35)51(55)56)49-29-34-16-22-40(23-17-34)48-30-43-28-44(31-50(43)46(54)60-33-36-20-26-42(27-21-36)52(57)58)61-47(37-10-4-1-5-11-37,38-12-6-2-7-13-38)39-14-8-3-9-15-39/h1-27,43-44,48H,28-33H2,(H,49,53)/t43-,44-/m0/s1. The molecule has 310 valence electrons. The molecule has 1 aliphatic heterocycles. The number of carbonyl (C=O) groups excluding carboxylic acids is 2. The largest absolute Gasteiger partial charge is 0.445 e. The Morgan fingerprint density at radius 3 is 1.57 bits per heavy atom. The Kier molecular flexibility index (Phi) is 13.6. The summed E-state index contributed by atoms with van der Waals surface area (Å²) in [6.07, 6.45) is -0.423. The third-order valence-electron chi connectivity index (χ3n) is 10.5. The maximum atomic E-state index is 14.0. The van der Waals surface area contributed by atoms with Crippen LogP contribution in [0.4, 0.5) is 26.7 Å². The van der Waals surface area contributed by atoms with Crippen LogP contribution in [0.2, 0.25) is 0 Å². The second kappa shape index (κ2) is 19.7. The summed E-state index contributed by atoms with van der Waals surface area (Å²) >= 11 is 1.83. The van der Waals surface area contributed by atoms with Crippen molar-refractivity contribution in [3.63, 3.8) is 0 Å². The lowest BCUT2D eigenvalue weighted by atomic mass is 9.84. The minimum absolute atomic E-state index is 0.00652. The third kappa shape index (κ3) is 10.5. The quantitative estimate of drug-likeness (QED) is 0.0544. The van der Waals surface area contributed by atoms with Crippen LogP contribution >= 0.6 is 11.8 Å². The Balaban J connectivity index is 1.05. The molecule has 2 N–H and O–H groups in total. The van der Waals surface area contributed by atoms with E-state index in [2.05, 4.69) is 83.4 Å². The Morgan fingerprint density at radius 2 is 1.10 bits per heavy atom. The van der Waals surface area contributed by atoms with E-state index in [0.29, 0.717) is 30.6 Å². The van der Waals surface area contributed by atoms with Gasteiger partial charge in [0, 0.05) is 54.8 Å². The first kappa shape index (κ1) is 42.0. The lowest BCUT2D eigenvalue weighted by molar-refractivity contribution is -0.385. The molecule has 0 spiro atoms. The summed E-state index contributed by atoms with van der Waals surface area (Å²) in [7, 11) is 0. The van der Waals surface area contributed by atoms with E-state index in [1.165, 1.54) is 24.3 Å². The zero-order valence-corrected chi connectivity index (χ0v) is 33.8. The lowest BCUT2D eigenvalue weighted by Gasteiger charge is -2.37. The van der Waals surface area contributed by atoms with Gasteiger partial charge in [-0.3, -0.25) is 20.2 Å². The van der Waals surface area contributed by atoms with Gasteiger partial charge in [0.25, 0.3) is 11.4 Å². The van der Waals surface area contributed by atoms with Crippen molar-refractivity contribution >= 4 is 41.0 Å². The van der Waals surface area contributed by atoms with Gasteiger partial charge in [0.15, 0.2) is 0 Å². The molecule has 14 heteroatoms. The smallest absolute Gasteiger partial charge is 0.410 e. The number of non-ortho nitro benzene ring substituents is 2. The van der Waals surface area contributed by atoms with Crippen LogP contribution in [0.3, 0.4) is 0 Å². The van der Waals surface area contributed by atoms with Crippen molar-refractivity contribution in [3.8, 4) is 0 Å². The molecule has 61 heavy (non-hydrogen) atoms. The number of nitrogens with one attached hydrogen (secondary N) is 2. The van der Waals surface area contributed by atoms with Crippen molar-refractivity contribution in [1.82, 2.24) is 10.2 Å². The molecule has 0 unspecified atom stereocenters. The van der Waals surface area contributed by atoms with E-state index in [1.54, 1.807) is 29.2 Å². The number of alkyl carbamates (subject to hydrolysis) is 1. The Hall–Kier alpha value is -7.19. The maximum Gasteiger partial charge on any atom is 0.410 e. The summed E-state index contributed by atoms with van der Waals surface area (Å²) in [6, 6.07) is 50.4. The van der Waals surface area contributed by atoms with Crippen molar-refractivity contribution in [2.75, 3.05) is 18.4 Å². The Labute approximate surface area is 357 Å². The van der Waals surface area contributed by atoms with Crippen LogP contribution in [-0.4, -0.2) is 51.3 Å². The normalized spacial score (nSPS) is 14.8. The first-order valence-corrected chi connectivity index (χ1v) is 20.5. The first-order valence-electron chi connectivity index (χ1n) is 19.7. The zero-order chi connectivity index (χ0) is 42.6. The summed E-state index contributed by atoms with van der Waals surface area (Å²) in [5.74, 6) is 0. The molecule has 1 saturated heterocycles. The molecule has 0 bridgehead atoms.